The van der Waals surface area contributed by atoms with Crippen molar-refractivity contribution in [2.24, 2.45) is 0 Å². The summed E-state index contributed by atoms with van der Waals surface area (Å²) in [4.78, 5) is 22.3. The number of aromatic nitrogens is 4. The maximum absolute atomic E-state index is 12.5. The number of β-amino-alcohol motifs (C(OH)–C–C–N with tert-alkyl or cyclic N) is 1. The molecule has 1 saturated heterocycles. The monoisotopic (exact) mass is 261 g/mol. The van der Waals surface area contributed by atoms with Gasteiger partial charge in [0.1, 0.15) is 6.33 Å². The molecule has 0 aromatic carbocycles. The fourth-order valence-electron chi connectivity index (χ4n) is 2.44. The van der Waals surface area contributed by atoms with Gasteiger partial charge in [0.2, 0.25) is 0 Å². The number of likely N-dealkylation sites (tertiary alicyclic amines) is 1. The van der Waals surface area contributed by atoms with E-state index >= 15 is 0 Å². The molecule has 1 aliphatic rings. The summed E-state index contributed by atoms with van der Waals surface area (Å²) in [5, 5.41) is 13.6. The van der Waals surface area contributed by atoms with Gasteiger partial charge in [0, 0.05) is 19.3 Å². The third-order valence-corrected chi connectivity index (χ3v) is 3.42. The van der Waals surface area contributed by atoms with Crippen LogP contribution in [-0.4, -0.2) is 54.7 Å². The molecule has 0 aliphatic carbocycles. The lowest BCUT2D eigenvalue weighted by Crippen LogP contribution is -2.31. The van der Waals surface area contributed by atoms with Crippen LogP contribution in [0.5, 0.6) is 0 Å². The van der Waals surface area contributed by atoms with Gasteiger partial charge < -0.3 is 10.0 Å². The Morgan fingerprint density at radius 3 is 3.05 bits per heavy atom. The first-order valence-corrected chi connectivity index (χ1v) is 6.35. The minimum Gasteiger partial charge on any atom is -0.391 e. The molecule has 100 valence electrons. The number of carbonyl (C=O) groups excluding carboxylic acids is 1. The predicted molar refractivity (Wildman–Crippen MR) is 66.7 cm³/mol. The Kier molecular flexibility index (Phi) is 2.90. The largest absolute Gasteiger partial charge is 0.391 e. The van der Waals surface area contributed by atoms with Gasteiger partial charge in [-0.2, -0.15) is 10.1 Å². The van der Waals surface area contributed by atoms with Gasteiger partial charge in [0.05, 0.1) is 17.4 Å². The van der Waals surface area contributed by atoms with E-state index in [1.165, 1.54) is 6.33 Å². The smallest absolute Gasteiger partial charge is 0.257 e. The van der Waals surface area contributed by atoms with Crippen LogP contribution in [0.25, 0.3) is 5.78 Å². The molecule has 0 spiro atoms. The number of aryl methyl sites for hydroxylation is 1. The third-order valence-electron chi connectivity index (χ3n) is 3.42. The van der Waals surface area contributed by atoms with Crippen LogP contribution in [-0.2, 0) is 6.42 Å². The van der Waals surface area contributed by atoms with Gasteiger partial charge in [-0.15, -0.1) is 0 Å². The van der Waals surface area contributed by atoms with E-state index in [1.54, 1.807) is 15.6 Å². The minimum atomic E-state index is -0.419. The Morgan fingerprint density at radius 2 is 2.37 bits per heavy atom. The highest BCUT2D eigenvalue weighted by molar-refractivity contribution is 5.95. The fraction of sp³-hybridized carbons (Fsp3) is 0.500. The van der Waals surface area contributed by atoms with E-state index < -0.39 is 6.10 Å². The Morgan fingerprint density at radius 1 is 1.53 bits per heavy atom. The van der Waals surface area contributed by atoms with Gasteiger partial charge >= 0.3 is 0 Å². The quantitative estimate of drug-likeness (QED) is 0.815. The summed E-state index contributed by atoms with van der Waals surface area (Å²) >= 11 is 0. The van der Waals surface area contributed by atoms with Crippen molar-refractivity contribution in [1.82, 2.24) is 24.5 Å². The number of nitrogens with zero attached hydrogens (tertiary/aromatic N) is 5. The van der Waals surface area contributed by atoms with E-state index in [2.05, 4.69) is 15.1 Å². The summed E-state index contributed by atoms with van der Waals surface area (Å²) in [7, 11) is 0. The van der Waals surface area contributed by atoms with Gasteiger partial charge in [-0.05, 0) is 12.8 Å². The van der Waals surface area contributed by atoms with Crippen molar-refractivity contribution >= 4 is 11.7 Å². The van der Waals surface area contributed by atoms with E-state index in [4.69, 9.17) is 0 Å². The van der Waals surface area contributed by atoms with Crippen molar-refractivity contribution in [3.8, 4) is 0 Å². The lowest BCUT2D eigenvalue weighted by atomic mass is 10.1. The molecule has 2 aromatic heterocycles. The van der Waals surface area contributed by atoms with Crippen molar-refractivity contribution in [2.45, 2.75) is 25.9 Å². The second kappa shape index (κ2) is 4.58. The van der Waals surface area contributed by atoms with Crippen LogP contribution in [0, 0.1) is 0 Å². The van der Waals surface area contributed by atoms with Gasteiger partial charge in [-0.3, -0.25) is 4.79 Å². The Bertz CT molecular complexity index is 624. The highest BCUT2D eigenvalue weighted by Gasteiger charge is 2.27. The van der Waals surface area contributed by atoms with Crippen LogP contribution in [0.15, 0.2) is 12.5 Å². The number of carbonyl (C=O) groups is 1. The summed E-state index contributed by atoms with van der Waals surface area (Å²) < 4.78 is 1.60. The molecule has 7 heteroatoms. The Labute approximate surface area is 109 Å². The molecule has 7 nitrogen and oxygen atoms in total. The molecule has 1 fully saturated rings. The molecule has 2 aromatic rings. The average molecular weight is 261 g/mol. The molecule has 1 N–H and O–H groups in total. The van der Waals surface area contributed by atoms with Crippen LogP contribution in [0.4, 0.5) is 0 Å². The van der Waals surface area contributed by atoms with Crippen LogP contribution in [0.3, 0.4) is 0 Å². The molecule has 1 amide bonds. The molecule has 0 bridgehead atoms. The first-order chi connectivity index (χ1) is 9.20. The summed E-state index contributed by atoms with van der Waals surface area (Å²) in [5.74, 6) is 0.396. The van der Waals surface area contributed by atoms with Gasteiger partial charge in [-0.25, -0.2) is 9.50 Å². The van der Waals surface area contributed by atoms with Crippen molar-refractivity contribution in [3.63, 3.8) is 0 Å². The van der Waals surface area contributed by atoms with E-state index in [9.17, 15) is 9.90 Å². The molecule has 19 heavy (non-hydrogen) atoms. The van der Waals surface area contributed by atoms with E-state index in [-0.39, 0.29) is 5.91 Å². The second-order valence-electron chi connectivity index (χ2n) is 4.64. The molecule has 0 saturated carbocycles. The van der Waals surface area contributed by atoms with Crippen LogP contribution < -0.4 is 0 Å². The summed E-state index contributed by atoms with van der Waals surface area (Å²) in [6, 6.07) is 0. The van der Waals surface area contributed by atoms with Gasteiger partial charge in [0.25, 0.3) is 11.7 Å². The summed E-state index contributed by atoms with van der Waals surface area (Å²) in [5.41, 5.74) is 1.34. The number of fused-ring (bicyclic) bond motifs is 1. The maximum Gasteiger partial charge on any atom is 0.257 e. The highest BCUT2D eigenvalue weighted by atomic mass is 16.3. The molecular formula is C12H15N5O2. The average Bonchev–Trinajstić information content (AvgIpc) is 3.04. The van der Waals surface area contributed by atoms with E-state index in [0.29, 0.717) is 37.3 Å². The van der Waals surface area contributed by atoms with Crippen LogP contribution in [0.2, 0.25) is 0 Å². The number of aliphatic hydroxyl groups excluding tert-OH is 1. The zero-order valence-electron chi connectivity index (χ0n) is 10.7. The van der Waals surface area contributed by atoms with Crippen molar-refractivity contribution in [1.29, 1.82) is 0 Å². The topological polar surface area (TPSA) is 83.6 Å². The number of aliphatic hydroxyl groups is 1. The Balaban J connectivity index is 2.02. The van der Waals surface area contributed by atoms with Crippen LogP contribution >= 0.6 is 0 Å². The highest BCUT2D eigenvalue weighted by Crippen LogP contribution is 2.16. The van der Waals surface area contributed by atoms with Crippen LogP contribution in [0.1, 0.15) is 29.4 Å². The van der Waals surface area contributed by atoms with Gasteiger partial charge in [-0.1, -0.05) is 6.92 Å². The first kappa shape index (κ1) is 12.0. The third kappa shape index (κ3) is 1.95. The van der Waals surface area contributed by atoms with Crippen molar-refractivity contribution in [2.75, 3.05) is 13.1 Å². The molecular weight excluding hydrogens is 246 g/mol. The SMILES string of the molecule is CCc1c(C(=O)N2CC[C@H](O)C2)cnc2ncnn12. The van der Waals surface area contributed by atoms with E-state index in [1.807, 2.05) is 6.92 Å². The van der Waals surface area contributed by atoms with Crippen molar-refractivity contribution < 1.29 is 9.90 Å². The second-order valence-corrected chi connectivity index (χ2v) is 4.64. The molecule has 1 atom stereocenters. The summed E-state index contributed by atoms with van der Waals surface area (Å²) in [6.07, 6.45) is 3.86. The van der Waals surface area contributed by atoms with E-state index in [0.717, 1.165) is 5.69 Å². The minimum absolute atomic E-state index is 0.0988. The standard InChI is InChI=1S/C12H15N5O2/c1-2-10-9(5-13-12-14-7-15-17(10)12)11(19)16-4-3-8(18)6-16/h5,7-8,18H,2-4,6H2,1H3/t8-/m0/s1. The maximum atomic E-state index is 12.5. The van der Waals surface area contributed by atoms with Crippen molar-refractivity contribution in [3.05, 3.63) is 23.8 Å². The number of amides is 1. The molecule has 0 unspecified atom stereocenters. The molecule has 3 rings (SSSR count). The lowest BCUT2D eigenvalue weighted by molar-refractivity contribution is 0.0762. The number of hydrogen-bond acceptors (Lipinski definition) is 5. The normalized spacial score (nSPS) is 19.3. The zero-order chi connectivity index (χ0) is 13.4. The molecule has 3 heterocycles. The molecule has 0 radical (unpaired) electrons. The van der Waals surface area contributed by atoms with Gasteiger partial charge in [0.15, 0.2) is 0 Å². The first-order valence-electron chi connectivity index (χ1n) is 6.35. The fourth-order valence-corrected chi connectivity index (χ4v) is 2.44. The zero-order valence-corrected chi connectivity index (χ0v) is 10.7. The Hall–Kier alpha value is -2.02. The summed E-state index contributed by atoms with van der Waals surface area (Å²) in [6.45, 7) is 2.93. The predicted octanol–water partition coefficient (Wildman–Crippen LogP) is -0.107. The molecule has 1 aliphatic heterocycles. The number of rotatable bonds is 2. The lowest BCUT2D eigenvalue weighted by Gasteiger charge is -2.17. The number of hydrogen-bond donors (Lipinski definition) is 1.